The van der Waals surface area contributed by atoms with Gasteiger partial charge in [-0.15, -0.1) is 0 Å². The fourth-order valence-corrected chi connectivity index (χ4v) is 1.24. The molecule has 2 N–H and O–H groups in total. The molecule has 0 fully saturated rings. The number of benzene rings is 1. The molecule has 17 heavy (non-hydrogen) atoms. The van der Waals surface area contributed by atoms with Crippen molar-refractivity contribution in [3.05, 3.63) is 24.3 Å². The maximum atomic E-state index is 5.78. The maximum Gasteiger partial charge on any atom is 0.123 e. The van der Waals surface area contributed by atoms with Gasteiger partial charge in [0.05, 0.1) is 20.3 Å². The van der Waals surface area contributed by atoms with Crippen LogP contribution in [0, 0.1) is 0 Å². The van der Waals surface area contributed by atoms with Crippen LogP contribution < -0.4 is 15.2 Å². The quantitative estimate of drug-likeness (QED) is 0.737. The van der Waals surface area contributed by atoms with E-state index in [0.29, 0.717) is 19.8 Å². The molecule has 96 valence electrons. The van der Waals surface area contributed by atoms with Gasteiger partial charge in [0.25, 0.3) is 0 Å². The number of rotatable bonds is 7. The second kappa shape index (κ2) is 6.47. The van der Waals surface area contributed by atoms with E-state index in [1.807, 2.05) is 38.1 Å². The molecule has 0 spiro atoms. The molecule has 0 aliphatic carbocycles. The molecule has 0 saturated carbocycles. The fourth-order valence-electron chi connectivity index (χ4n) is 1.24. The summed E-state index contributed by atoms with van der Waals surface area (Å²) < 4.78 is 16.0. The number of nitrogens with two attached hydrogens (primary N) is 1. The Balaban J connectivity index is 2.22. The van der Waals surface area contributed by atoms with Gasteiger partial charge in [-0.2, -0.15) is 0 Å². The second-order valence-corrected chi connectivity index (χ2v) is 4.57. The van der Waals surface area contributed by atoms with Crippen LogP contribution in [0.5, 0.6) is 11.5 Å². The third-order valence-electron chi connectivity index (χ3n) is 2.01. The third kappa shape index (κ3) is 6.14. The Morgan fingerprint density at radius 2 is 1.88 bits per heavy atom. The van der Waals surface area contributed by atoms with Gasteiger partial charge in [0.1, 0.15) is 18.1 Å². The van der Waals surface area contributed by atoms with E-state index < -0.39 is 0 Å². The topological polar surface area (TPSA) is 53.7 Å². The van der Waals surface area contributed by atoms with E-state index in [4.69, 9.17) is 19.9 Å². The maximum absolute atomic E-state index is 5.78. The molecule has 1 aromatic carbocycles. The van der Waals surface area contributed by atoms with Crippen molar-refractivity contribution in [3.8, 4) is 11.5 Å². The Morgan fingerprint density at radius 1 is 1.18 bits per heavy atom. The molecule has 0 saturated heterocycles. The molecule has 0 radical (unpaired) electrons. The van der Waals surface area contributed by atoms with Crippen LogP contribution in [0.1, 0.15) is 13.8 Å². The molecule has 0 aromatic heterocycles. The van der Waals surface area contributed by atoms with Crippen molar-refractivity contribution in [1.82, 2.24) is 0 Å². The third-order valence-corrected chi connectivity index (χ3v) is 2.01. The highest BCUT2D eigenvalue weighted by molar-refractivity contribution is 5.32. The van der Waals surface area contributed by atoms with Gasteiger partial charge in [-0.25, -0.2) is 0 Å². The van der Waals surface area contributed by atoms with Crippen molar-refractivity contribution in [2.24, 2.45) is 5.73 Å². The van der Waals surface area contributed by atoms with Crippen molar-refractivity contribution in [1.29, 1.82) is 0 Å². The molecule has 4 nitrogen and oxygen atoms in total. The Labute approximate surface area is 103 Å². The number of hydrogen-bond donors (Lipinski definition) is 1. The zero-order valence-electron chi connectivity index (χ0n) is 10.7. The lowest BCUT2D eigenvalue weighted by Crippen LogP contribution is -2.37. The van der Waals surface area contributed by atoms with Gasteiger partial charge in [-0.05, 0) is 26.0 Å². The molecule has 0 atom stereocenters. The van der Waals surface area contributed by atoms with Gasteiger partial charge in [0.2, 0.25) is 0 Å². The van der Waals surface area contributed by atoms with E-state index in [9.17, 15) is 0 Å². The average molecular weight is 239 g/mol. The first-order valence-corrected chi connectivity index (χ1v) is 5.65. The van der Waals surface area contributed by atoms with E-state index in [-0.39, 0.29) is 5.54 Å². The van der Waals surface area contributed by atoms with Crippen molar-refractivity contribution in [3.63, 3.8) is 0 Å². The molecule has 0 aliphatic heterocycles. The molecule has 0 bridgehead atoms. The van der Waals surface area contributed by atoms with E-state index in [2.05, 4.69) is 0 Å². The number of ether oxygens (including phenoxy) is 3. The standard InChI is InChI=1S/C13H21NO3/c1-13(2,14)10-16-7-8-17-12-6-4-5-11(9-12)15-3/h4-6,9H,7-8,10,14H2,1-3H3. The predicted octanol–water partition coefficient (Wildman–Crippen LogP) is 1.83. The van der Waals surface area contributed by atoms with Gasteiger partial charge >= 0.3 is 0 Å². The Kier molecular flexibility index (Phi) is 5.25. The normalized spacial score (nSPS) is 11.3. The second-order valence-electron chi connectivity index (χ2n) is 4.57. The fraction of sp³-hybridized carbons (Fsp3) is 0.538. The van der Waals surface area contributed by atoms with Crippen LogP contribution >= 0.6 is 0 Å². The molecule has 0 aliphatic rings. The highest BCUT2D eigenvalue weighted by Gasteiger charge is 2.09. The minimum absolute atomic E-state index is 0.296. The summed E-state index contributed by atoms with van der Waals surface area (Å²) in [4.78, 5) is 0. The summed E-state index contributed by atoms with van der Waals surface area (Å²) in [6.45, 7) is 5.40. The summed E-state index contributed by atoms with van der Waals surface area (Å²) in [5.74, 6) is 1.56. The Bertz CT molecular complexity index is 334. The Morgan fingerprint density at radius 3 is 2.53 bits per heavy atom. The molecule has 0 heterocycles. The summed E-state index contributed by atoms with van der Waals surface area (Å²) in [6, 6.07) is 7.49. The van der Waals surface area contributed by atoms with Crippen molar-refractivity contribution in [2.45, 2.75) is 19.4 Å². The van der Waals surface area contributed by atoms with E-state index in [1.165, 1.54) is 0 Å². The van der Waals surface area contributed by atoms with E-state index >= 15 is 0 Å². The summed E-state index contributed by atoms with van der Waals surface area (Å²) in [5.41, 5.74) is 5.49. The van der Waals surface area contributed by atoms with Crippen LogP contribution in [0.3, 0.4) is 0 Å². The first-order chi connectivity index (χ1) is 8.01. The van der Waals surface area contributed by atoms with Crippen LogP contribution in [-0.4, -0.2) is 32.5 Å². The predicted molar refractivity (Wildman–Crippen MR) is 67.6 cm³/mol. The minimum Gasteiger partial charge on any atom is -0.497 e. The van der Waals surface area contributed by atoms with Crippen LogP contribution in [-0.2, 0) is 4.74 Å². The van der Waals surface area contributed by atoms with Gasteiger partial charge in [-0.1, -0.05) is 6.07 Å². The van der Waals surface area contributed by atoms with Crippen LogP contribution in [0.15, 0.2) is 24.3 Å². The number of hydrogen-bond acceptors (Lipinski definition) is 4. The first kappa shape index (κ1) is 13.8. The van der Waals surface area contributed by atoms with Gasteiger partial charge in [0.15, 0.2) is 0 Å². The molecule has 1 rings (SSSR count). The van der Waals surface area contributed by atoms with Crippen LogP contribution in [0.25, 0.3) is 0 Å². The van der Waals surface area contributed by atoms with E-state index in [0.717, 1.165) is 11.5 Å². The molecular formula is C13H21NO3. The largest absolute Gasteiger partial charge is 0.497 e. The highest BCUT2D eigenvalue weighted by Crippen LogP contribution is 2.18. The smallest absolute Gasteiger partial charge is 0.123 e. The molecule has 0 unspecified atom stereocenters. The zero-order valence-corrected chi connectivity index (χ0v) is 10.7. The van der Waals surface area contributed by atoms with Gasteiger partial charge < -0.3 is 19.9 Å². The summed E-state index contributed by atoms with van der Waals surface area (Å²) >= 11 is 0. The first-order valence-electron chi connectivity index (χ1n) is 5.65. The van der Waals surface area contributed by atoms with Gasteiger partial charge in [-0.3, -0.25) is 0 Å². The number of methoxy groups -OCH3 is 1. The summed E-state index contributed by atoms with van der Waals surface area (Å²) in [6.07, 6.45) is 0. The summed E-state index contributed by atoms with van der Waals surface area (Å²) in [5, 5.41) is 0. The monoisotopic (exact) mass is 239 g/mol. The molecule has 0 amide bonds. The molecular weight excluding hydrogens is 218 g/mol. The average Bonchev–Trinajstić information content (AvgIpc) is 2.27. The summed E-state index contributed by atoms with van der Waals surface area (Å²) in [7, 11) is 1.63. The van der Waals surface area contributed by atoms with Crippen molar-refractivity contribution >= 4 is 0 Å². The van der Waals surface area contributed by atoms with E-state index in [1.54, 1.807) is 7.11 Å². The van der Waals surface area contributed by atoms with Gasteiger partial charge in [0, 0.05) is 11.6 Å². The lowest BCUT2D eigenvalue weighted by Gasteiger charge is -2.18. The minimum atomic E-state index is -0.296. The molecule has 1 aromatic rings. The molecule has 4 heteroatoms. The van der Waals surface area contributed by atoms with Crippen LogP contribution in [0.2, 0.25) is 0 Å². The van der Waals surface area contributed by atoms with Crippen molar-refractivity contribution in [2.75, 3.05) is 26.9 Å². The SMILES string of the molecule is COc1cccc(OCCOCC(C)(C)N)c1. The highest BCUT2D eigenvalue weighted by atomic mass is 16.5. The van der Waals surface area contributed by atoms with Crippen LogP contribution in [0.4, 0.5) is 0 Å². The lowest BCUT2D eigenvalue weighted by molar-refractivity contribution is 0.0724. The lowest BCUT2D eigenvalue weighted by atomic mass is 10.1. The zero-order chi connectivity index (χ0) is 12.7. The Hall–Kier alpha value is -1.26. The van der Waals surface area contributed by atoms with Crippen molar-refractivity contribution < 1.29 is 14.2 Å².